The van der Waals surface area contributed by atoms with Crippen molar-refractivity contribution in [3.8, 4) is 11.1 Å². The van der Waals surface area contributed by atoms with E-state index in [1.54, 1.807) is 18.3 Å². The molecule has 0 radical (unpaired) electrons. The maximum absolute atomic E-state index is 11.9. The Kier molecular flexibility index (Phi) is 4.04. The zero-order valence-corrected chi connectivity index (χ0v) is 11.8. The van der Waals surface area contributed by atoms with Crippen molar-refractivity contribution in [3.63, 3.8) is 0 Å². The second-order valence-corrected chi connectivity index (χ2v) is 5.33. The van der Waals surface area contributed by atoms with Crippen molar-refractivity contribution in [1.82, 2.24) is 0 Å². The van der Waals surface area contributed by atoms with Crippen LogP contribution in [0.25, 0.3) is 11.1 Å². The standard InChI is InChI=1S/C14H13ClO2S/c1-3-17-14(16)12-8-18-9(2)13(12)10-5-4-6-11(15)7-10/h4-8H,3H2,1-2H3. The van der Waals surface area contributed by atoms with Crippen molar-refractivity contribution in [2.24, 2.45) is 0 Å². The van der Waals surface area contributed by atoms with Gasteiger partial charge >= 0.3 is 5.97 Å². The van der Waals surface area contributed by atoms with E-state index in [1.165, 1.54) is 0 Å². The van der Waals surface area contributed by atoms with Gasteiger partial charge in [0.1, 0.15) is 0 Å². The lowest BCUT2D eigenvalue weighted by Gasteiger charge is -2.06. The third-order valence-corrected chi connectivity index (χ3v) is 3.73. The number of aryl methyl sites for hydroxylation is 1. The molecule has 2 aromatic rings. The van der Waals surface area contributed by atoms with Crippen molar-refractivity contribution in [3.05, 3.63) is 45.1 Å². The molecule has 0 bridgehead atoms. The van der Waals surface area contributed by atoms with Gasteiger partial charge in [0, 0.05) is 20.8 Å². The molecule has 94 valence electrons. The number of halogens is 1. The Hall–Kier alpha value is -1.32. The fourth-order valence-electron chi connectivity index (χ4n) is 1.82. The van der Waals surface area contributed by atoms with Crippen LogP contribution in [0, 0.1) is 6.92 Å². The lowest BCUT2D eigenvalue weighted by molar-refractivity contribution is 0.0528. The first-order chi connectivity index (χ1) is 8.63. The van der Waals surface area contributed by atoms with Gasteiger partial charge in [-0.1, -0.05) is 23.7 Å². The van der Waals surface area contributed by atoms with Crippen molar-refractivity contribution >= 4 is 28.9 Å². The highest BCUT2D eigenvalue weighted by Gasteiger charge is 2.18. The van der Waals surface area contributed by atoms with Gasteiger partial charge in [0.2, 0.25) is 0 Å². The Labute approximate surface area is 115 Å². The van der Waals surface area contributed by atoms with Crippen LogP contribution in [0.15, 0.2) is 29.6 Å². The maximum Gasteiger partial charge on any atom is 0.339 e. The van der Waals surface area contributed by atoms with Crippen LogP contribution < -0.4 is 0 Å². The number of esters is 1. The Morgan fingerprint density at radius 3 is 2.89 bits per heavy atom. The summed E-state index contributed by atoms with van der Waals surface area (Å²) < 4.78 is 5.07. The molecule has 2 rings (SSSR count). The number of thiophene rings is 1. The summed E-state index contributed by atoms with van der Waals surface area (Å²) in [7, 11) is 0. The van der Waals surface area contributed by atoms with E-state index in [9.17, 15) is 4.79 Å². The number of benzene rings is 1. The Balaban J connectivity index is 2.50. The molecule has 18 heavy (non-hydrogen) atoms. The van der Waals surface area contributed by atoms with Crippen LogP contribution in [-0.4, -0.2) is 12.6 Å². The van der Waals surface area contributed by atoms with Gasteiger partial charge in [-0.2, -0.15) is 0 Å². The molecular formula is C14H13ClO2S. The molecule has 0 saturated carbocycles. The topological polar surface area (TPSA) is 26.3 Å². The van der Waals surface area contributed by atoms with Crippen molar-refractivity contribution in [1.29, 1.82) is 0 Å². The van der Waals surface area contributed by atoms with Gasteiger partial charge in [-0.3, -0.25) is 0 Å². The summed E-state index contributed by atoms with van der Waals surface area (Å²) in [6.45, 7) is 4.17. The number of hydrogen-bond acceptors (Lipinski definition) is 3. The molecule has 0 atom stereocenters. The summed E-state index contributed by atoms with van der Waals surface area (Å²) in [6.07, 6.45) is 0. The average Bonchev–Trinajstić information content (AvgIpc) is 2.71. The van der Waals surface area contributed by atoms with Gasteiger partial charge in [-0.15, -0.1) is 11.3 Å². The fraction of sp³-hybridized carbons (Fsp3) is 0.214. The van der Waals surface area contributed by atoms with E-state index in [1.807, 2.05) is 36.6 Å². The van der Waals surface area contributed by atoms with Crippen molar-refractivity contribution < 1.29 is 9.53 Å². The summed E-state index contributed by atoms with van der Waals surface area (Å²) in [6, 6.07) is 7.50. The molecule has 1 aromatic carbocycles. The molecule has 0 fully saturated rings. The van der Waals surface area contributed by atoms with Crippen molar-refractivity contribution in [2.45, 2.75) is 13.8 Å². The second kappa shape index (κ2) is 5.55. The highest BCUT2D eigenvalue weighted by Crippen LogP contribution is 2.33. The minimum absolute atomic E-state index is 0.281. The molecule has 0 spiro atoms. The summed E-state index contributed by atoms with van der Waals surface area (Å²) in [4.78, 5) is 13.0. The number of ether oxygens (including phenoxy) is 1. The summed E-state index contributed by atoms with van der Waals surface area (Å²) in [5.41, 5.74) is 2.48. The molecule has 2 nitrogen and oxygen atoms in total. The van der Waals surface area contributed by atoms with Crippen LogP contribution >= 0.6 is 22.9 Å². The van der Waals surface area contributed by atoms with Gasteiger partial charge in [-0.05, 0) is 31.5 Å². The Morgan fingerprint density at radius 2 is 2.22 bits per heavy atom. The predicted molar refractivity (Wildman–Crippen MR) is 75.5 cm³/mol. The lowest BCUT2D eigenvalue weighted by Crippen LogP contribution is -2.04. The van der Waals surface area contributed by atoms with Crippen LogP contribution in [0.1, 0.15) is 22.2 Å². The average molecular weight is 281 g/mol. The van der Waals surface area contributed by atoms with E-state index < -0.39 is 0 Å². The molecule has 4 heteroatoms. The first kappa shape index (κ1) is 13.1. The van der Waals surface area contributed by atoms with E-state index in [0.29, 0.717) is 17.2 Å². The molecule has 0 N–H and O–H groups in total. The maximum atomic E-state index is 11.9. The third kappa shape index (κ3) is 2.57. The van der Waals surface area contributed by atoms with Crippen LogP contribution in [0.2, 0.25) is 5.02 Å². The molecule has 0 aliphatic carbocycles. The van der Waals surface area contributed by atoms with Gasteiger partial charge in [0.15, 0.2) is 0 Å². The smallest absolute Gasteiger partial charge is 0.339 e. The van der Waals surface area contributed by atoms with Crippen LogP contribution in [-0.2, 0) is 4.74 Å². The lowest BCUT2D eigenvalue weighted by atomic mass is 10.0. The SMILES string of the molecule is CCOC(=O)c1csc(C)c1-c1cccc(Cl)c1. The van der Waals surface area contributed by atoms with E-state index >= 15 is 0 Å². The normalized spacial score (nSPS) is 10.4. The Morgan fingerprint density at radius 1 is 1.44 bits per heavy atom. The molecule has 0 aliphatic rings. The molecule has 0 unspecified atom stereocenters. The van der Waals surface area contributed by atoms with Gasteiger partial charge in [-0.25, -0.2) is 4.79 Å². The second-order valence-electron chi connectivity index (χ2n) is 3.81. The van der Waals surface area contributed by atoms with E-state index in [2.05, 4.69) is 0 Å². The fourth-order valence-corrected chi connectivity index (χ4v) is 2.86. The van der Waals surface area contributed by atoms with E-state index in [0.717, 1.165) is 16.0 Å². The molecule has 0 aliphatic heterocycles. The number of rotatable bonds is 3. The molecule has 0 saturated heterocycles. The zero-order valence-electron chi connectivity index (χ0n) is 10.2. The molecular weight excluding hydrogens is 268 g/mol. The number of carbonyl (C=O) groups is 1. The minimum Gasteiger partial charge on any atom is -0.462 e. The van der Waals surface area contributed by atoms with Crippen LogP contribution in [0.4, 0.5) is 0 Å². The van der Waals surface area contributed by atoms with E-state index in [-0.39, 0.29) is 5.97 Å². The quantitative estimate of drug-likeness (QED) is 0.771. The number of carbonyl (C=O) groups excluding carboxylic acids is 1. The van der Waals surface area contributed by atoms with E-state index in [4.69, 9.17) is 16.3 Å². The van der Waals surface area contributed by atoms with Crippen LogP contribution in [0.5, 0.6) is 0 Å². The molecule has 0 amide bonds. The highest BCUT2D eigenvalue weighted by molar-refractivity contribution is 7.10. The number of hydrogen-bond donors (Lipinski definition) is 0. The van der Waals surface area contributed by atoms with Crippen molar-refractivity contribution in [2.75, 3.05) is 6.61 Å². The third-order valence-electron chi connectivity index (χ3n) is 2.58. The van der Waals surface area contributed by atoms with Gasteiger partial charge < -0.3 is 4.74 Å². The largest absolute Gasteiger partial charge is 0.462 e. The summed E-state index contributed by atoms with van der Waals surface area (Å²) in [5, 5.41) is 2.50. The molecule has 1 aromatic heterocycles. The van der Waals surface area contributed by atoms with Crippen LogP contribution in [0.3, 0.4) is 0 Å². The summed E-state index contributed by atoms with van der Waals surface area (Å²) in [5.74, 6) is -0.281. The Bertz CT molecular complexity index is 575. The first-order valence-corrected chi connectivity index (χ1v) is 6.90. The predicted octanol–water partition coefficient (Wildman–Crippen LogP) is 4.55. The highest BCUT2D eigenvalue weighted by atomic mass is 35.5. The first-order valence-electron chi connectivity index (χ1n) is 5.64. The monoisotopic (exact) mass is 280 g/mol. The van der Waals surface area contributed by atoms with Gasteiger partial charge in [0.25, 0.3) is 0 Å². The minimum atomic E-state index is -0.281. The van der Waals surface area contributed by atoms with Gasteiger partial charge in [0.05, 0.1) is 12.2 Å². The zero-order chi connectivity index (χ0) is 13.1. The molecule has 1 heterocycles. The summed E-state index contributed by atoms with van der Waals surface area (Å²) >= 11 is 7.54.